The Morgan fingerprint density at radius 3 is 2.39 bits per heavy atom. The predicted octanol–water partition coefficient (Wildman–Crippen LogP) is 3.67. The second kappa shape index (κ2) is 12.0. The minimum atomic E-state index is -0.401. The number of methoxy groups -OCH3 is 1. The van der Waals surface area contributed by atoms with Crippen LogP contribution < -0.4 is 20.7 Å². The number of carbonyl (C=O) groups excluding carboxylic acids is 3. The van der Waals surface area contributed by atoms with E-state index in [0.717, 1.165) is 12.0 Å². The van der Waals surface area contributed by atoms with Gasteiger partial charge in [0.2, 0.25) is 11.8 Å². The highest BCUT2D eigenvalue weighted by molar-refractivity contribution is 6.04. The Hall–Kier alpha value is -4.17. The zero-order valence-electron chi connectivity index (χ0n) is 20.2. The molecule has 1 atom stereocenters. The Morgan fingerprint density at radius 1 is 0.917 bits per heavy atom. The maximum Gasteiger partial charge on any atom is 0.253 e. The van der Waals surface area contributed by atoms with Gasteiger partial charge in [-0.1, -0.05) is 42.5 Å². The van der Waals surface area contributed by atoms with E-state index in [1.807, 2.05) is 35.2 Å². The molecule has 0 spiro atoms. The van der Waals surface area contributed by atoms with Crippen molar-refractivity contribution in [2.24, 2.45) is 0 Å². The van der Waals surface area contributed by atoms with E-state index < -0.39 is 6.04 Å². The number of ether oxygens (including phenoxy) is 1. The van der Waals surface area contributed by atoms with Crippen molar-refractivity contribution in [2.75, 3.05) is 30.8 Å². The molecule has 3 aromatic carbocycles. The van der Waals surface area contributed by atoms with Crippen molar-refractivity contribution in [3.8, 4) is 5.75 Å². The maximum absolute atomic E-state index is 12.9. The lowest BCUT2D eigenvalue weighted by atomic mass is 10.1. The van der Waals surface area contributed by atoms with Crippen molar-refractivity contribution in [2.45, 2.75) is 25.4 Å². The number of rotatable bonds is 9. The molecule has 8 nitrogen and oxygen atoms in total. The molecule has 36 heavy (non-hydrogen) atoms. The fraction of sp³-hybridized carbons (Fsp3) is 0.250. The molecule has 1 aliphatic heterocycles. The summed E-state index contributed by atoms with van der Waals surface area (Å²) in [5.41, 5.74) is 2.48. The Labute approximate surface area is 210 Å². The van der Waals surface area contributed by atoms with Crippen molar-refractivity contribution in [1.82, 2.24) is 10.2 Å². The summed E-state index contributed by atoms with van der Waals surface area (Å²) in [5, 5.41) is 8.66. The molecule has 3 N–H and O–H groups in total. The molecular weight excluding hydrogens is 456 g/mol. The van der Waals surface area contributed by atoms with Gasteiger partial charge in [0.05, 0.1) is 30.9 Å². The first kappa shape index (κ1) is 24.9. The molecule has 3 aromatic rings. The van der Waals surface area contributed by atoms with Crippen molar-refractivity contribution in [1.29, 1.82) is 0 Å². The minimum Gasteiger partial charge on any atom is -0.497 e. The Kier molecular flexibility index (Phi) is 8.31. The third-order valence-electron chi connectivity index (χ3n) is 6.11. The molecule has 0 radical (unpaired) electrons. The Bertz CT molecular complexity index is 1200. The average Bonchev–Trinajstić information content (AvgIpc) is 3.36. The van der Waals surface area contributed by atoms with Gasteiger partial charge in [0.1, 0.15) is 5.75 Å². The zero-order chi connectivity index (χ0) is 25.3. The number of hydrogen-bond donors (Lipinski definition) is 3. The monoisotopic (exact) mass is 486 g/mol. The number of benzene rings is 3. The van der Waals surface area contributed by atoms with Gasteiger partial charge in [-0.3, -0.25) is 19.3 Å². The van der Waals surface area contributed by atoms with E-state index in [0.29, 0.717) is 42.2 Å². The first-order valence-corrected chi connectivity index (χ1v) is 11.9. The number of likely N-dealkylation sites (tertiary alicyclic amines) is 1. The first-order valence-electron chi connectivity index (χ1n) is 11.9. The molecule has 0 saturated carbocycles. The van der Waals surface area contributed by atoms with Crippen molar-refractivity contribution in [3.05, 3.63) is 90.0 Å². The normalized spacial score (nSPS) is 15.2. The first-order chi connectivity index (χ1) is 17.5. The smallest absolute Gasteiger partial charge is 0.253 e. The third-order valence-corrected chi connectivity index (χ3v) is 6.11. The van der Waals surface area contributed by atoms with Crippen LogP contribution in [-0.2, 0) is 16.1 Å². The quantitative estimate of drug-likeness (QED) is 0.429. The minimum absolute atomic E-state index is 0.0562. The highest BCUT2D eigenvalue weighted by Crippen LogP contribution is 2.21. The molecule has 1 saturated heterocycles. The summed E-state index contributed by atoms with van der Waals surface area (Å²) in [7, 11) is 1.59. The SMILES string of the molecule is COc1ccc(NC(=O)C2CCCN2CC(=O)Nc2ccccc2C(=O)NCc2ccccc2)cc1. The number of anilines is 2. The summed E-state index contributed by atoms with van der Waals surface area (Å²) in [5.74, 6) is 0.0162. The summed E-state index contributed by atoms with van der Waals surface area (Å²) in [4.78, 5) is 40.4. The topological polar surface area (TPSA) is 99.8 Å². The van der Waals surface area contributed by atoms with E-state index in [9.17, 15) is 14.4 Å². The molecule has 3 amide bonds. The molecule has 1 aliphatic rings. The van der Waals surface area contributed by atoms with Crippen molar-refractivity contribution >= 4 is 29.1 Å². The van der Waals surface area contributed by atoms with Crippen LogP contribution in [0.25, 0.3) is 0 Å². The summed E-state index contributed by atoms with van der Waals surface area (Å²) < 4.78 is 5.15. The van der Waals surface area contributed by atoms with Gasteiger partial charge in [0, 0.05) is 12.2 Å². The van der Waals surface area contributed by atoms with Crippen molar-refractivity contribution < 1.29 is 19.1 Å². The number of amides is 3. The lowest BCUT2D eigenvalue weighted by Gasteiger charge is -2.23. The number of carbonyl (C=O) groups is 3. The van der Waals surface area contributed by atoms with Gasteiger partial charge in [-0.15, -0.1) is 0 Å². The summed E-state index contributed by atoms with van der Waals surface area (Å²) in [6, 6.07) is 23.2. The van der Waals surface area contributed by atoms with Crippen LogP contribution in [0.5, 0.6) is 5.75 Å². The Balaban J connectivity index is 1.34. The largest absolute Gasteiger partial charge is 0.497 e. The van der Waals surface area contributed by atoms with Crippen LogP contribution in [0.2, 0.25) is 0 Å². The second-order valence-corrected chi connectivity index (χ2v) is 8.61. The molecule has 186 valence electrons. The fourth-order valence-electron chi connectivity index (χ4n) is 4.25. The molecular formula is C28H30N4O4. The lowest BCUT2D eigenvalue weighted by molar-refractivity contribution is -0.122. The average molecular weight is 487 g/mol. The van der Waals surface area contributed by atoms with Crippen LogP contribution in [0, 0.1) is 0 Å². The van der Waals surface area contributed by atoms with Crippen LogP contribution in [0.3, 0.4) is 0 Å². The summed E-state index contributed by atoms with van der Waals surface area (Å²) in [6.45, 7) is 1.09. The van der Waals surface area contributed by atoms with E-state index in [4.69, 9.17) is 4.74 Å². The zero-order valence-corrected chi connectivity index (χ0v) is 20.2. The highest BCUT2D eigenvalue weighted by atomic mass is 16.5. The third kappa shape index (κ3) is 6.49. The van der Waals surface area contributed by atoms with E-state index in [1.54, 1.807) is 55.6 Å². The van der Waals surface area contributed by atoms with E-state index in [2.05, 4.69) is 16.0 Å². The van der Waals surface area contributed by atoms with Crippen LogP contribution >= 0.6 is 0 Å². The Morgan fingerprint density at radius 2 is 1.64 bits per heavy atom. The van der Waals surface area contributed by atoms with E-state index >= 15 is 0 Å². The summed E-state index contributed by atoms with van der Waals surface area (Å²) >= 11 is 0. The van der Waals surface area contributed by atoms with Crippen LogP contribution in [0.15, 0.2) is 78.9 Å². The van der Waals surface area contributed by atoms with Gasteiger partial charge in [-0.25, -0.2) is 0 Å². The standard InChI is InChI=1S/C28H30N4O4/c1-36-22-15-13-21(14-16-22)30-28(35)25-12-7-17-32(25)19-26(33)31-24-11-6-5-10-23(24)27(34)29-18-20-8-3-2-4-9-20/h2-6,8-11,13-16,25H,7,12,17-19H2,1H3,(H,29,34)(H,30,35)(H,31,33). The predicted molar refractivity (Wildman–Crippen MR) is 139 cm³/mol. The number of hydrogen-bond acceptors (Lipinski definition) is 5. The lowest BCUT2D eigenvalue weighted by Crippen LogP contribution is -2.43. The van der Waals surface area contributed by atoms with Gasteiger partial charge < -0.3 is 20.7 Å². The second-order valence-electron chi connectivity index (χ2n) is 8.61. The van der Waals surface area contributed by atoms with Crippen molar-refractivity contribution in [3.63, 3.8) is 0 Å². The molecule has 1 fully saturated rings. The van der Waals surface area contributed by atoms with Gasteiger partial charge in [-0.2, -0.15) is 0 Å². The van der Waals surface area contributed by atoms with E-state index in [-0.39, 0.29) is 24.3 Å². The van der Waals surface area contributed by atoms with Crippen LogP contribution in [-0.4, -0.2) is 48.9 Å². The number of para-hydroxylation sites is 1. The van der Waals surface area contributed by atoms with Crippen LogP contribution in [0.4, 0.5) is 11.4 Å². The van der Waals surface area contributed by atoms with Gasteiger partial charge >= 0.3 is 0 Å². The summed E-state index contributed by atoms with van der Waals surface area (Å²) in [6.07, 6.45) is 1.50. The molecule has 1 unspecified atom stereocenters. The molecule has 0 aromatic heterocycles. The molecule has 1 heterocycles. The maximum atomic E-state index is 12.9. The highest BCUT2D eigenvalue weighted by Gasteiger charge is 2.32. The number of nitrogens with one attached hydrogen (secondary N) is 3. The van der Waals surface area contributed by atoms with Gasteiger partial charge in [-0.05, 0) is 61.3 Å². The van der Waals surface area contributed by atoms with Crippen LogP contribution in [0.1, 0.15) is 28.8 Å². The molecule has 8 heteroatoms. The molecule has 0 aliphatic carbocycles. The van der Waals surface area contributed by atoms with E-state index in [1.165, 1.54) is 0 Å². The molecule has 4 rings (SSSR count). The number of nitrogens with zero attached hydrogens (tertiary/aromatic N) is 1. The van der Waals surface area contributed by atoms with Gasteiger partial charge in [0.15, 0.2) is 0 Å². The van der Waals surface area contributed by atoms with Gasteiger partial charge in [0.25, 0.3) is 5.91 Å². The fourth-order valence-corrected chi connectivity index (χ4v) is 4.25. The molecule has 0 bridgehead atoms.